The lowest BCUT2D eigenvalue weighted by atomic mass is 10.4. The molecule has 2 rings (SSSR count). The Bertz CT molecular complexity index is 612. The van der Waals surface area contributed by atoms with Gasteiger partial charge in [0, 0.05) is 20.2 Å². The molecule has 10 heteroatoms. The molecule has 0 aliphatic carbocycles. The van der Waals surface area contributed by atoms with Gasteiger partial charge in [-0.1, -0.05) is 0 Å². The van der Waals surface area contributed by atoms with Gasteiger partial charge in [-0.25, -0.2) is 0 Å². The molecule has 0 spiro atoms. The predicted molar refractivity (Wildman–Crippen MR) is 70.7 cm³/mol. The minimum atomic E-state index is -4.30. The molecule has 2 aromatic rings. The largest absolute Gasteiger partial charge is 0.411 e. The van der Waals surface area contributed by atoms with Gasteiger partial charge in [-0.15, -0.1) is 0 Å². The molecular formula is C11H15F3N6O. The average molecular weight is 304 g/mol. The Hall–Kier alpha value is -2.10. The number of anilines is 2. The minimum Gasteiger partial charge on any atom is -0.383 e. The molecule has 3 N–H and O–H groups in total. The second-order valence-corrected chi connectivity index (χ2v) is 4.39. The summed E-state index contributed by atoms with van der Waals surface area (Å²) in [6.07, 6.45) is -2.34. The fourth-order valence-electron chi connectivity index (χ4n) is 1.69. The van der Waals surface area contributed by atoms with Crippen molar-refractivity contribution >= 4 is 22.8 Å². The molecule has 0 aliphatic rings. The highest BCUT2D eigenvalue weighted by Crippen LogP contribution is 2.18. The summed E-state index contributed by atoms with van der Waals surface area (Å²) in [6.45, 7) is -0.867. The van der Waals surface area contributed by atoms with Gasteiger partial charge in [0.2, 0.25) is 5.95 Å². The van der Waals surface area contributed by atoms with Crippen molar-refractivity contribution in [3.8, 4) is 0 Å². The summed E-state index contributed by atoms with van der Waals surface area (Å²) >= 11 is 0. The van der Waals surface area contributed by atoms with E-state index in [0.29, 0.717) is 35.8 Å². The van der Waals surface area contributed by atoms with Gasteiger partial charge in [-0.2, -0.15) is 28.2 Å². The maximum Gasteiger partial charge on any atom is 0.411 e. The maximum atomic E-state index is 11.8. The molecule has 0 saturated carbocycles. The Kier molecular flexibility index (Phi) is 4.46. The maximum absolute atomic E-state index is 11.8. The number of ether oxygens (including phenoxy) is 1. The molecule has 0 aromatic carbocycles. The smallest absolute Gasteiger partial charge is 0.383 e. The van der Waals surface area contributed by atoms with E-state index in [1.165, 1.54) is 0 Å². The lowest BCUT2D eigenvalue weighted by molar-refractivity contribution is -0.173. The van der Waals surface area contributed by atoms with Crippen LogP contribution < -0.4 is 11.1 Å². The van der Waals surface area contributed by atoms with Gasteiger partial charge in [0.15, 0.2) is 5.65 Å². The number of alkyl halides is 3. The van der Waals surface area contributed by atoms with Crippen LogP contribution in [0, 0.1) is 0 Å². The average Bonchev–Trinajstić information content (AvgIpc) is 2.75. The lowest BCUT2D eigenvalue weighted by Crippen LogP contribution is -2.18. The number of fused-ring (bicyclic) bond motifs is 1. The summed E-state index contributed by atoms with van der Waals surface area (Å²) in [7, 11) is 1.73. The van der Waals surface area contributed by atoms with E-state index in [1.54, 1.807) is 17.9 Å². The highest BCUT2D eigenvalue weighted by atomic mass is 19.4. The zero-order chi connectivity index (χ0) is 15.5. The number of nitrogens with zero attached hydrogens (tertiary/aromatic N) is 4. The van der Waals surface area contributed by atoms with Crippen molar-refractivity contribution in [2.24, 2.45) is 7.05 Å². The van der Waals surface area contributed by atoms with E-state index >= 15 is 0 Å². The summed E-state index contributed by atoms with van der Waals surface area (Å²) in [5, 5.41) is 7.56. The second kappa shape index (κ2) is 6.12. The molecule has 0 saturated heterocycles. The fraction of sp³-hybridized carbons (Fsp3) is 0.545. The van der Waals surface area contributed by atoms with Gasteiger partial charge in [-0.3, -0.25) is 4.68 Å². The number of hydrogen-bond donors (Lipinski definition) is 2. The quantitative estimate of drug-likeness (QED) is 0.782. The van der Waals surface area contributed by atoms with Gasteiger partial charge >= 0.3 is 6.18 Å². The van der Waals surface area contributed by atoms with Gasteiger partial charge in [-0.05, 0) is 6.42 Å². The number of nitrogens with two attached hydrogens (primary N) is 1. The molecular weight excluding hydrogens is 289 g/mol. The molecule has 0 aliphatic heterocycles. The number of halogens is 3. The lowest BCUT2D eigenvalue weighted by Gasteiger charge is -2.08. The second-order valence-electron chi connectivity index (χ2n) is 4.39. The first-order chi connectivity index (χ1) is 9.87. The standard InChI is InChI=1S/C11H15F3N6O/c1-20-9-7(5-17-20)8(15)18-10(19-9)16-3-2-4-21-6-11(12,13)14/h5H,2-4,6H2,1H3,(H3,15,16,18,19). The zero-order valence-electron chi connectivity index (χ0n) is 11.3. The number of nitrogen functional groups attached to an aromatic ring is 1. The normalized spacial score (nSPS) is 12.0. The van der Waals surface area contributed by atoms with Crippen LogP contribution in [0.2, 0.25) is 0 Å². The highest BCUT2D eigenvalue weighted by molar-refractivity contribution is 5.86. The van der Waals surface area contributed by atoms with Crippen molar-refractivity contribution in [1.82, 2.24) is 19.7 Å². The van der Waals surface area contributed by atoms with Crippen LogP contribution in [0.3, 0.4) is 0 Å². The third-order valence-corrected chi connectivity index (χ3v) is 2.64. The first-order valence-electron chi connectivity index (χ1n) is 6.20. The Labute approximate surface area is 118 Å². The van der Waals surface area contributed by atoms with Gasteiger partial charge in [0.1, 0.15) is 12.4 Å². The van der Waals surface area contributed by atoms with Crippen LogP contribution in [-0.2, 0) is 11.8 Å². The van der Waals surface area contributed by atoms with E-state index in [1.807, 2.05) is 0 Å². The van der Waals surface area contributed by atoms with Gasteiger partial charge < -0.3 is 15.8 Å². The fourth-order valence-corrected chi connectivity index (χ4v) is 1.69. The first kappa shape index (κ1) is 15.3. The van der Waals surface area contributed by atoms with Crippen molar-refractivity contribution in [2.45, 2.75) is 12.6 Å². The molecule has 0 radical (unpaired) electrons. The topological polar surface area (TPSA) is 90.9 Å². The van der Waals surface area contributed by atoms with Gasteiger partial charge in [0.25, 0.3) is 0 Å². The van der Waals surface area contributed by atoms with E-state index in [0.717, 1.165) is 0 Å². The van der Waals surface area contributed by atoms with Crippen LogP contribution in [0.5, 0.6) is 0 Å². The summed E-state index contributed by atoms with van der Waals surface area (Å²) < 4.78 is 41.6. The summed E-state index contributed by atoms with van der Waals surface area (Å²) in [5.74, 6) is 0.600. The third kappa shape index (κ3) is 4.18. The molecule has 0 unspecified atom stereocenters. The van der Waals surface area contributed by atoms with Crippen molar-refractivity contribution in [1.29, 1.82) is 0 Å². The van der Waals surface area contributed by atoms with Crippen LogP contribution in [0.25, 0.3) is 11.0 Å². The molecule has 0 fully saturated rings. The van der Waals surface area contributed by atoms with Crippen LogP contribution in [0.15, 0.2) is 6.20 Å². The van der Waals surface area contributed by atoms with E-state index in [4.69, 9.17) is 5.73 Å². The van der Waals surface area contributed by atoms with E-state index in [-0.39, 0.29) is 6.61 Å². The number of aromatic nitrogens is 4. The molecule has 2 aromatic heterocycles. The summed E-state index contributed by atoms with van der Waals surface area (Å²) in [5.41, 5.74) is 6.36. The molecule has 116 valence electrons. The molecule has 21 heavy (non-hydrogen) atoms. The molecule has 0 amide bonds. The van der Waals surface area contributed by atoms with Crippen molar-refractivity contribution < 1.29 is 17.9 Å². The van der Waals surface area contributed by atoms with Crippen LogP contribution in [0.4, 0.5) is 24.9 Å². The molecule has 0 atom stereocenters. The molecule has 7 nitrogen and oxygen atoms in total. The molecule has 0 bridgehead atoms. The Morgan fingerprint density at radius 3 is 2.86 bits per heavy atom. The minimum absolute atomic E-state index is 0.00402. The number of nitrogens with one attached hydrogen (secondary N) is 1. The Balaban J connectivity index is 1.82. The van der Waals surface area contributed by atoms with E-state index in [9.17, 15) is 13.2 Å². The SMILES string of the molecule is Cn1ncc2c(N)nc(NCCCOCC(F)(F)F)nc21. The predicted octanol–water partition coefficient (Wildman–Crippen LogP) is 1.33. The summed E-state index contributed by atoms with van der Waals surface area (Å²) in [6, 6.07) is 0. The number of aryl methyl sites for hydroxylation is 1. The summed E-state index contributed by atoms with van der Waals surface area (Å²) in [4.78, 5) is 8.28. The first-order valence-corrected chi connectivity index (χ1v) is 6.20. The van der Waals surface area contributed by atoms with Crippen LogP contribution >= 0.6 is 0 Å². The highest BCUT2D eigenvalue weighted by Gasteiger charge is 2.27. The van der Waals surface area contributed by atoms with Crippen molar-refractivity contribution in [2.75, 3.05) is 30.8 Å². The van der Waals surface area contributed by atoms with Crippen molar-refractivity contribution in [3.63, 3.8) is 0 Å². The van der Waals surface area contributed by atoms with E-state index in [2.05, 4.69) is 25.1 Å². The number of rotatable bonds is 6. The monoisotopic (exact) mass is 304 g/mol. The van der Waals surface area contributed by atoms with Crippen LogP contribution in [-0.4, -0.2) is 45.7 Å². The molecule has 2 heterocycles. The third-order valence-electron chi connectivity index (χ3n) is 2.64. The van der Waals surface area contributed by atoms with Gasteiger partial charge in [0.05, 0.1) is 11.6 Å². The Morgan fingerprint density at radius 2 is 2.14 bits per heavy atom. The zero-order valence-corrected chi connectivity index (χ0v) is 11.3. The number of hydrogen-bond acceptors (Lipinski definition) is 6. The Morgan fingerprint density at radius 1 is 1.38 bits per heavy atom. The van der Waals surface area contributed by atoms with Crippen molar-refractivity contribution in [3.05, 3.63) is 6.20 Å². The van der Waals surface area contributed by atoms with E-state index < -0.39 is 12.8 Å². The van der Waals surface area contributed by atoms with Crippen LogP contribution in [0.1, 0.15) is 6.42 Å².